The van der Waals surface area contributed by atoms with Gasteiger partial charge in [0.25, 0.3) is 0 Å². The molecule has 17 heavy (non-hydrogen) atoms. The molecule has 1 aromatic carbocycles. The van der Waals surface area contributed by atoms with Crippen LogP contribution < -0.4 is 11.1 Å². The fourth-order valence-electron chi connectivity index (χ4n) is 1.54. The van der Waals surface area contributed by atoms with Crippen molar-refractivity contribution in [2.24, 2.45) is 16.6 Å². The summed E-state index contributed by atoms with van der Waals surface area (Å²) >= 11 is 0. The number of rotatable bonds is 6. The molecule has 0 aliphatic rings. The van der Waals surface area contributed by atoms with E-state index in [0.29, 0.717) is 12.5 Å². The SMILES string of the molecule is CC(C)CCCNC(N)=NCc1ccccc1. The summed E-state index contributed by atoms with van der Waals surface area (Å²) in [6, 6.07) is 10.1. The summed E-state index contributed by atoms with van der Waals surface area (Å²) in [5, 5.41) is 3.14. The van der Waals surface area contributed by atoms with Gasteiger partial charge in [0.1, 0.15) is 0 Å². The van der Waals surface area contributed by atoms with Crippen molar-refractivity contribution in [1.29, 1.82) is 0 Å². The third-order valence-electron chi connectivity index (χ3n) is 2.54. The van der Waals surface area contributed by atoms with Crippen molar-refractivity contribution in [1.82, 2.24) is 5.32 Å². The van der Waals surface area contributed by atoms with Crippen LogP contribution in [0, 0.1) is 5.92 Å². The van der Waals surface area contributed by atoms with Gasteiger partial charge in [0, 0.05) is 6.54 Å². The predicted octanol–water partition coefficient (Wildman–Crippen LogP) is 2.53. The number of hydrogen-bond donors (Lipinski definition) is 2. The lowest BCUT2D eigenvalue weighted by Gasteiger charge is -2.07. The van der Waals surface area contributed by atoms with Crippen LogP contribution in [0.1, 0.15) is 32.3 Å². The van der Waals surface area contributed by atoms with Gasteiger partial charge < -0.3 is 11.1 Å². The van der Waals surface area contributed by atoms with Crippen molar-refractivity contribution in [3.63, 3.8) is 0 Å². The molecule has 0 radical (unpaired) electrons. The Labute approximate surface area is 104 Å². The Morgan fingerprint density at radius 3 is 2.65 bits per heavy atom. The van der Waals surface area contributed by atoms with Crippen LogP contribution in [0.2, 0.25) is 0 Å². The van der Waals surface area contributed by atoms with E-state index in [0.717, 1.165) is 18.9 Å². The lowest BCUT2D eigenvalue weighted by molar-refractivity contribution is 0.551. The fourth-order valence-corrected chi connectivity index (χ4v) is 1.54. The van der Waals surface area contributed by atoms with Crippen molar-refractivity contribution in [3.8, 4) is 0 Å². The highest BCUT2D eigenvalue weighted by atomic mass is 15.1. The summed E-state index contributed by atoms with van der Waals surface area (Å²) in [6.45, 7) is 6.01. The van der Waals surface area contributed by atoms with Gasteiger partial charge in [-0.2, -0.15) is 0 Å². The van der Waals surface area contributed by atoms with E-state index in [1.807, 2.05) is 18.2 Å². The molecule has 0 amide bonds. The Bertz CT molecular complexity index is 331. The third kappa shape index (κ3) is 6.61. The Balaban J connectivity index is 2.21. The molecule has 1 rings (SSSR count). The second kappa shape index (κ2) is 7.71. The molecule has 0 heterocycles. The molecule has 0 aromatic heterocycles. The molecule has 1 aromatic rings. The van der Waals surface area contributed by atoms with E-state index in [4.69, 9.17) is 5.73 Å². The molecule has 3 N–H and O–H groups in total. The molecule has 0 spiro atoms. The molecule has 3 heteroatoms. The van der Waals surface area contributed by atoms with Crippen molar-refractivity contribution >= 4 is 5.96 Å². The van der Waals surface area contributed by atoms with Gasteiger partial charge in [-0.15, -0.1) is 0 Å². The fraction of sp³-hybridized carbons (Fsp3) is 0.500. The lowest BCUT2D eigenvalue weighted by Crippen LogP contribution is -2.32. The molecular weight excluding hydrogens is 210 g/mol. The minimum atomic E-state index is 0.539. The Morgan fingerprint density at radius 2 is 2.00 bits per heavy atom. The van der Waals surface area contributed by atoms with Gasteiger partial charge in [-0.25, -0.2) is 4.99 Å². The number of hydrogen-bond acceptors (Lipinski definition) is 1. The van der Waals surface area contributed by atoms with E-state index in [2.05, 4.69) is 36.3 Å². The van der Waals surface area contributed by atoms with Crippen molar-refractivity contribution in [3.05, 3.63) is 35.9 Å². The molecule has 0 aliphatic heterocycles. The zero-order valence-corrected chi connectivity index (χ0v) is 10.8. The summed E-state index contributed by atoms with van der Waals surface area (Å²) < 4.78 is 0. The van der Waals surface area contributed by atoms with E-state index in [-0.39, 0.29) is 0 Å². The number of benzene rings is 1. The topological polar surface area (TPSA) is 50.4 Å². The minimum Gasteiger partial charge on any atom is -0.370 e. The molecule has 94 valence electrons. The molecule has 0 aliphatic carbocycles. The first-order chi connectivity index (χ1) is 8.18. The summed E-state index contributed by atoms with van der Waals surface area (Å²) in [6.07, 6.45) is 2.36. The molecule has 0 bridgehead atoms. The van der Waals surface area contributed by atoms with Crippen LogP contribution >= 0.6 is 0 Å². The first kappa shape index (κ1) is 13.6. The Hall–Kier alpha value is -1.51. The van der Waals surface area contributed by atoms with Crippen LogP contribution in [0.15, 0.2) is 35.3 Å². The van der Waals surface area contributed by atoms with Crippen molar-refractivity contribution in [2.45, 2.75) is 33.2 Å². The first-order valence-corrected chi connectivity index (χ1v) is 6.26. The number of nitrogens with one attached hydrogen (secondary N) is 1. The van der Waals surface area contributed by atoms with Crippen LogP contribution in [-0.2, 0) is 6.54 Å². The maximum atomic E-state index is 5.78. The number of aliphatic imine (C=N–C) groups is 1. The minimum absolute atomic E-state index is 0.539. The summed E-state index contributed by atoms with van der Waals surface area (Å²) in [5.41, 5.74) is 6.96. The molecule has 0 saturated carbocycles. The average molecular weight is 233 g/mol. The number of nitrogens with zero attached hydrogens (tertiary/aromatic N) is 1. The van der Waals surface area contributed by atoms with Crippen LogP contribution in [0.5, 0.6) is 0 Å². The van der Waals surface area contributed by atoms with Crippen LogP contribution in [0.3, 0.4) is 0 Å². The molecule has 3 nitrogen and oxygen atoms in total. The first-order valence-electron chi connectivity index (χ1n) is 6.26. The highest BCUT2D eigenvalue weighted by molar-refractivity contribution is 5.77. The number of guanidine groups is 1. The van der Waals surface area contributed by atoms with Crippen molar-refractivity contribution < 1.29 is 0 Å². The summed E-state index contributed by atoms with van der Waals surface area (Å²) in [5.74, 6) is 1.29. The normalized spacial score (nSPS) is 11.8. The quantitative estimate of drug-likeness (QED) is 0.450. The van der Waals surface area contributed by atoms with Gasteiger partial charge in [0.05, 0.1) is 6.54 Å². The second-order valence-electron chi connectivity index (χ2n) is 4.65. The van der Waals surface area contributed by atoms with Gasteiger partial charge >= 0.3 is 0 Å². The van der Waals surface area contributed by atoms with Crippen LogP contribution in [-0.4, -0.2) is 12.5 Å². The van der Waals surface area contributed by atoms with Gasteiger partial charge in [-0.3, -0.25) is 0 Å². The van der Waals surface area contributed by atoms with Crippen LogP contribution in [0.25, 0.3) is 0 Å². The lowest BCUT2D eigenvalue weighted by atomic mass is 10.1. The number of nitrogens with two attached hydrogens (primary N) is 1. The third-order valence-corrected chi connectivity index (χ3v) is 2.54. The average Bonchev–Trinajstić information content (AvgIpc) is 2.33. The molecular formula is C14H23N3. The summed E-state index contributed by atoms with van der Waals surface area (Å²) in [7, 11) is 0. The highest BCUT2D eigenvalue weighted by Gasteiger charge is 1.95. The molecule has 0 atom stereocenters. The maximum Gasteiger partial charge on any atom is 0.188 e. The van der Waals surface area contributed by atoms with Gasteiger partial charge in [0.2, 0.25) is 0 Å². The van der Waals surface area contributed by atoms with E-state index in [1.54, 1.807) is 0 Å². The van der Waals surface area contributed by atoms with E-state index in [1.165, 1.54) is 12.0 Å². The smallest absolute Gasteiger partial charge is 0.188 e. The van der Waals surface area contributed by atoms with Crippen molar-refractivity contribution in [2.75, 3.05) is 6.54 Å². The Kier molecular flexibility index (Phi) is 6.15. The molecule has 0 unspecified atom stereocenters. The largest absolute Gasteiger partial charge is 0.370 e. The standard InChI is InChI=1S/C14H23N3/c1-12(2)7-6-10-16-14(15)17-11-13-8-4-3-5-9-13/h3-5,8-9,12H,6-7,10-11H2,1-2H3,(H3,15,16,17). The van der Waals surface area contributed by atoms with Gasteiger partial charge in [0.15, 0.2) is 5.96 Å². The maximum absolute atomic E-state index is 5.78. The second-order valence-corrected chi connectivity index (χ2v) is 4.65. The molecule has 0 fully saturated rings. The zero-order chi connectivity index (χ0) is 12.5. The predicted molar refractivity (Wildman–Crippen MR) is 73.8 cm³/mol. The molecule has 0 saturated heterocycles. The highest BCUT2D eigenvalue weighted by Crippen LogP contribution is 2.02. The van der Waals surface area contributed by atoms with Gasteiger partial charge in [-0.05, 0) is 24.3 Å². The van der Waals surface area contributed by atoms with E-state index < -0.39 is 0 Å². The van der Waals surface area contributed by atoms with Crippen LogP contribution in [0.4, 0.5) is 0 Å². The zero-order valence-electron chi connectivity index (χ0n) is 10.8. The van der Waals surface area contributed by atoms with E-state index >= 15 is 0 Å². The summed E-state index contributed by atoms with van der Waals surface area (Å²) in [4.78, 5) is 4.29. The Morgan fingerprint density at radius 1 is 1.29 bits per heavy atom. The monoisotopic (exact) mass is 233 g/mol. The van der Waals surface area contributed by atoms with Gasteiger partial charge in [-0.1, -0.05) is 44.2 Å². The van der Waals surface area contributed by atoms with E-state index in [9.17, 15) is 0 Å².